The molecule has 1 heterocycles. The molecule has 0 aromatic carbocycles. The second kappa shape index (κ2) is 6.20. The van der Waals surface area contributed by atoms with Gasteiger partial charge in [0.25, 0.3) is 0 Å². The molecule has 1 N–H and O–H groups in total. The molecule has 1 saturated carbocycles. The van der Waals surface area contributed by atoms with Crippen LogP contribution in [0.5, 0.6) is 0 Å². The molecule has 0 saturated heterocycles. The van der Waals surface area contributed by atoms with E-state index in [9.17, 15) is 0 Å². The summed E-state index contributed by atoms with van der Waals surface area (Å²) in [5.41, 5.74) is 0. The molecule has 2 rings (SSSR count). The molecule has 1 aromatic rings. The van der Waals surface area contributed by atoms with Crippen molar-refractivity contribution in [2.24, 2.45) is 0 Å². The van der Waals surface area contributed by atoms with Crippen LogP contribution in [0.2, 0.25) is 0 Å². The van der Waals surface area contributed by atoms with Crippen molar-refractivity contribution in [2.45, 2.75) is 38.8 Å². The topological polar surface area (TPSA) is 23.5 Å². The van der Waals surface area contributed by atoms with Crippen LogP contribution in [-0.4, -0.2) is 29.2 Å². The Hall–Kier alpha value is -0.820. The molecular weight excluding hydrogens is 230 g/mol. The summed E-state index contributed by atoms with van der Waals surface area (Å²) in [6, 6.07) is 5.09. The molecule has 1 aliphatic carbocycles. The van der Waals surface area contributed by atoms with Gasteiger partial charge in [-0.25, -0.2) is 0 Å². The SMILES string of the molecule is CCN(Cc1ccc(C#CCCO)s1)C1CC1. The molecule has 0 aliphatic heterocycles. The summed E-state index contributed by atoms with van der Waals surface area (Å²) in [4.78, 5) is 5.05. The van der Waals surface area contributed by atoms with Gasteiger partial charge in [0, 0.05) is 23.9 Å². The maximum absolute atomic E-state index is 8.66. The number of aliphatic hydroxyl groups excluding tert-OH is 1. The highest BCUT2D eigenvalue weighted by Gasteiger charge is 2.27. The largest absolute Gasteiger partial charge is 0.395 e. The predicted molar refractivity (Wildman–Crippen MR) is 72.0 cm³/mol. The molecule has 92 valence electrons. The molecule has 0 atom stereocenters. The summed E-state index contributed by atoms with van der Waals surface area (Å²) in [5, 5.41) is 8.66. The predicted octanol–water partition coefficient (Wildman–Crippen LogP) is 2.47. The Labute approximate surface area is 107 Å². The van der Waals surface area contributed by atoms with Crippen molar-refractivity contribution in [3.8, 4) is 11.8 Å². The summed E-state index contributed by atoms with van der Waals surface area (Å²) in [6.07, 6.45) is 3.29. The van der Waals surface area contributed by atoms with E-state index in [0.29, 0.717) is 6.42 Å². The van der Waals surface area contributed by atoms with E-state index >= 15 is 0 Å². The number of hydrogen-bond acceptors (Lipinski definition) is 3. The van der Waals surface area contributed by atoms with Gasteiger partial charge in [0.2, 0.25) is 0 Å². The fraction of sp³-hybridized carbons (Fsp3) is 0.571. The highest BCUT2D eigenvalue weighted by atomic mass is 32.1. The van der Waals surface area contributed by atoms with Crippen molar-refractivity contribution in [1.82, 2.24) is 4.90 Å². The molecule has 2 nitrogen and oxygen atoms in total. The Balaban J connectivity index is 1.91. The average Bonchev–Trinajstić information content (AvgIpc) is 3.08. The third-order valence-corrected chi connectivity index (χ3v) is 3.92. The fourth-order valence-corrected chi connectivity index (χ4v) is 2.78. The Kier molecular flexibility index (Phi) is 4.61. The number of aliphatic hydroxyl groups is 1. The van der Waals surface area contributed by atoms with Crippen LogP contribution in [0.3, 0.4) is 0 Å². The lowest BCUT2D eigenvalue weighted by molar-refractivity contribution is 0.272. The molecular formula is C14H19NOS. The van der Waals surface area contributed by atoms with Crippen LogP contribution in [0.1, 0.15) is 35.9 Å². The molecule has 0 spiro atoms. The minimum absolute atomic E-state index is 0.149. The monoisotopic (exact) mass is 249 g/mol. The molecule has 0 unspecified atom stereocenters. The Morgan fingerprint density at radius 3 is 2.94 bits per heavy atom. The Morgan fingerprint density at radius 1 is 1.47 bits per heavy atom. The van der Waals surface area contributed by atoms with Crippen LogP contribution >= 0.6 is 11.3 Å². The van der Waals surface area contributed by atoms with Gasteiger partial charge in [0.15, 0.2) is 0 Å². The van der Waals surface area contributed by atoms with Crippen molar-refractivity contribution in [1.29, 1.82) is 0 Å². The van der Waals surface area contributed by atoms with Crippen LogP contribution in [-0.2, 0) is 6.54 Å². The normalized spacial score (nSPS) is 14.8. The summed E-state index contributed by atoms with van der Waals surface area (Å²) >= 11 is 1.78. The first kappa shape index (κ1) is 12.6. The Bertz CT molecular complexity index is 411. The first-order chi connectivity index (χ1) is 8.33. The van der Waals surface area contributed by atoms with E-state index in [4.69, 9.17) is 5.11 Å². The molecule has 0 bridgehead atoms. The number of rotatable bonds is 5. The van der Waals surface area contributed by atoms with Crippen molar-refractivity contribution in [2.75, 3.05) is 13.2 Å². The van der Waals surface area contributed by atoms with Crippen molar-refractivity contribution >= 4 is 11.3 Å². The van der Waals surface area contributed by atoms with Crippen LogP contribution in [0.15, 0.2) is 12.1 Å². The molecule has 0 amide bonds. The second-order valence-electron chi connectivity index (χ2n) is 4.34. The zero-order valence-electron chi connectivity index (χ0n) is 10.3. The van der Waals surface area contributed by atoms with Crippen molar-refractivity contribution in [3.63, 3.8) is 0 Å². The zero-order chi connectivity index (χ0) is 12.1. The maximum Gasteiger partial charge on any atom is 0.0771 e. The van der Waals surface area contributed by atoms with Gasteiger partial charge >= 0.3 is 0 Å². The summed E-state index contributed by atoms with van der Waals surface area (Å²) < 4.78 is 0. The van der Waals surface area contributed by atoms with Gasteiger partial charge in [0.05, 0.1) is 11.5 Å². The zero-order valence-corrected chi connectivity index (χ0v) is 11.1. The van der Waals surface area contributed by atoms with Gasteiger partial charge in [-0.1, -0.05) is 18.8 Å². The lowest BCUT2D eigenvalue weighted by Gasteiger charge is -2.18. The van der Waals surface area contributed by atoms with Gasteiger partial charge in [-0.2, -0.15) is 0 Å². The van der Waals surface area contributed by atoms with Gasteiger partial charge in [-0.3, -0.25) is 4.90 Å². The van der Waals surface area contributed by atoms with Crippen LogP contribution in [0.4, 0.5) is 0 Å². The maximum atomic E-state index is 8.66. The summed E-state index contributed by atoms with van der Waals surface area (Å²) in [7, 11) is 0. The van der Waals surface area contributed by atoms with Gasteiger partial charge in [-0.05, 0) is 31.5 Å². The molecule has 3 heteroatoms. The number of nitrogens with zero attached hydrogens (tertiary/aromatic N) is 1. The lowest BCUT2D eigenvalue weighted by atomic mass is 10.3. The average molecular weight is 249 g/mol. The van der Waals surface area contributed by atoms with E-state index in [1.165, 1.54) is 17.7 Å². The third kappa shape index (κ3) is 3.85. The molecule has 17 heavy (non-hydrogen) atoms. The van der Waals surface area contributed by atoms with Gasteiger partial charge < -0.3 is 5.11 Å². The fourth-order valence-electron chi connectivity index (χ4n) is 1.87. The molecule has 0 radical (unpaired) electrons. The minimum atomic E-state index is 0.149. The highest BCUT2D eigenvalue weighted by molar-refractivity contribution is 7.12. The van der Waals surface area contributed by atoms with E-state index in [-0.39, 0.29) is 6.61 Å². The van der Waals surface area contributed by atoms with Crippen molar-refractivity contribution in [3.05, 3.63) is 21.9 Å². The summed E-state index contributed by atoms with van der Waals surface area (Å²) in [6.45, 7) is 4.58. The van der Waals surface area contributed by atoms with E-state index < -0.39 is 0 Å². The smallest absolute Gasteiger partial charge is 0.0771 e. The van der Waals surface area contributed by atoms with E-state index in [1.54, 1.807) is 11.3 Å². The standard InChI is InChI=1S/C14H19NOS/c1-2-15(12-6-7-12)11-14-9-8-13(17-14)5-3-4-10-16/h8-9,12,16H,2,4,6-7,10-11H2,1H3. The van der Waals surface area contributed by atoms with Gasteiger partial charge in [-0.15, -0.1) is 11.3 Å². The number of thiophene rings is 1. The van der Waals surface area contributed by atoms with Crippen molar-refractivity contribution < 1.29 is 5.11 Å². The quantitative estimate of drug-likeness (QED) is 0.810. The minimum Gasteiger partial charge on any atom is -0.395 e. The molecule has 1 aliphatic rings. The van der Waals surface area contributed by atoms with Gasteiger partial charge in [0.1, 0.15) is 0 Å². The van der Waals surface area contributed by atoms with Crippen LogP contribution < -0.4 is 0 Å². The molecule has 1 fully saturated rings. The first-order valence-corrected chi connectivity index (χ1v) is 7.07. The third-order valence-electron chi connectivity index (χ3n) is 2.94. The lowest BCUT2D eigenvalue weighted by Crippen LogP contribution is -2.24. The second-order valence-corrected chi connectivity index (χ2v) is 5.50. The Morgan fingerprint density at radius 2 is 2.29 bits per heavy atom. The number of hydrogen-bond donors (Lipinski definition) is 1. The van der Waals surface area contributed by atoms with E-state index in [2.05, 4.69) is 35.8 Å². The van der Waals surface area contributed by atoms with E-state index in [1.807, 2.05) is 0 Å². The first-order valence-electron chi connectivity index (χ1n) is 6.26. The summed E-state index contributed by atoms with van der Waals surface area (Å²) in [5.74, 6) is 6.06. The highest BCUT2D eigenvalue weighted by Crippen LogP contribution is 2.29. The van der Waals surface area contributed by atoms with Crippen LogP contribution in [0, 0.1) is 11.8 Å². The van der Waals surface area contributed by atoms with Crippen LogP contribution in [0.25, 0.3) is 0 Å². The molecule has 1 aromatic heterocycles. The van der Waals surface area contributed by atoms with E-state index in [0.717, 1.165) is 24.0 Å².